The van der Waals surface area contributed by atoms with E-state index < -0.39 is 0 Å². The van der Waals surface area contributed by atoms with Crippen LogP contribution in [0.25, 0.3) is 10.9 Å². The molecule has 0 aliphatic rings. The topological polar surface area (TPSA) is 33.1 Å². The van der Waals surface area contributed by atoms with Crippen molar-refractivity contribution in [1.82, 2.24) is 4.98 Å². The second-order valence-corrected chi connectivity index (χ2v) is 4.03. The lowest BCUT2D eigenvalue weighted by molar-refractivity contribution is 0.283. The molecular formula is C14H17NO. The summed E-state index contributed by atoms with van der Waals surface area (Å²) in [6.45, 7) is 0.297. The number of rotatable bonds is 5. The van der Waals surface area contributed by atoms with Crippen LogP contribution in [0.3, 0.4) is 0 Å². The molecular weight excluding hydrogens is 198 g/mol. The van der Waals surface area contributed by atoms with E-state index in [4.69, 9.17) is 5.11 Å². The zero-order valence-electron chi connectivity index (χ0n) is 9.39. The molecule has 0 aliphatic carbocycles. The molecule has 0 spiro atoms. The quantitative estimate of drug-likeness (QED) is 0.778. The Labute approximate surface area is 96.0 Å². The van der Waals surface area contributed by atoms with Gasteiger partial charge in [0.15, 0.2) is 0 Å². The molecule has 16 heavy (non-hydrogen) atoms. The van der Waals surface area contributed by atoms with E-state index in [1.807, 2.05) is 18.2 Å². The first-order valence-electron chi connectivity index (χ1n) is 5.86. The summed E-state index contributed by atoms with van der Waals surface area (Å²) in [5, 5.41) is 9.89. The van der Waals surface area contributed by atoms with E-state index in [1.54, 1.807) is 0 Å². The highest BCUT2D eigenvalue weighted by Gasteiger charge is 1.97. The number of aromatic nitrogens is 1. The van der Waals surface area contributed by atoms with E-state index in [0.717, 1.165) is 36.9 Å². The number of hydrogen-bond acceptors (Lipinski definition) is 2. The molecule has 0 saturated heterocycles. The van der Waals surface area contributed by atoms with Gasteiger partial charge in [0.1, 0.15) is 0 Å². The fourth-order valence-corrected chi connectivity index (χ4v) is 1.84. The van der Waals surface area contributed by atoms with E-state index in [-0.39, 0.29) is 0 Å². The van der Waals surface area contributed by atoms with Crippen molar-refractivity contribution in [3.8, 4) is 0 Å². The van der Waals surface area contributed by atoms with E-state index in [2.05, 4.69) is 23.2 Å². The van der Waals surface area contributed by atoms with Gasteiger partial charge in [0.25, 0.3) is 0 Å². The van der Waals surface area contributed by atoms with Crippen LogP contribution in [0.15, 0.2) is 36.4 Å². The number of para-hydroxylation sites is 1. The summed E-state index contributed by atoms with van der Waals surface area (Å²) < 4.78 is 0. The molecule has 0 unspecified atom stereocenters. The van der Waals surface area contributed by atoms with Crippen LogP contribution in [0, 0.1) is 0 Å². The molecule has 1 N–H and O–H groups in total. The Hall–Kier alpha value is -1.41. The summed E-state index contributed by atoms with van der Waals surface area (Å²) in [6.07, 6.45) is 4.08. The normalized spacial score (nSPS) is 10.8. The van der Waals surface area contributed by atoms with Crippen LogP contribution in [0.2, 0.25) is 0 Å². The number of nitrogens with zero attached hydrogens (tertiary/aromatic N) is 1. The average molecular weight is 215 g/mol. The Morgan fingerprint density at radius 3 is 2.69 bits per heavy atom. The minimum atomic E-state index is 0.297. The molecule has 0 bridgehead atoms. The number of aryl methyl sites for hydroxylation is 1. The number of aliphatic hydroxyl groups excluding tert-OH is 1. The highest BCUT2D eigenvalue weighted by molar-refractivity contribution is 5.78. The second kappa shape index (κ2) is 5.61. The maximum atomic E-state index is 8.69. The molecule has 0 aliphatic heterocycles. The number of hydrogen-bond donors (Lipinski definition) is 1. The monoisotopic (exact) mass is 215 g/mol. The third kappa shape index (κ3) is 2.80. The van der Waals surface area contributed by atoms with E-state index in [9.17, 15) is 0 Å². The molecule has 2 aromatic rings. The minimum Gasteiger partial charge on any atom is -0.396 e. The highest BCUT2D eigenvalue weighted by atomic mass is 16.2. The lowest BCUT2D eigenvalue weighted by Crippen LogP contribution is -1.92. The Morgan fingerprint density at radius 2 is 1.81 bits per heavy atom. The van der Waals surface area contributed by atoms with Gasteiger partial charge in [-0.1, -0.05) is 30.7 Å². The third-order valence-corrected chi connectivity index (χ3v) is 2.75. The third-order valence-electron chi connectivity index (χ3n) is 2.75. The van der Waals surface area contributed by atoms with Crippen molar-refractivity contribution < 1.29 is 5.11 Å². The van der Waals surface area contributed by atoms with Gasteiger partial charge in [-0.15, -0.1) is 0 Å². The van der Waals surface area contributed by atoms with Crippen molar-refractivity contribution in [1.29, 1.82) is 0 Å². The van der Waals surface area contributed by atoms with Crippen LogP contribution < -0.4 is 0 Å². The van der Waals surface area contributed by atoms with Crippen LogP contribution in [-0.2, 0) is 6.42 Å². The van der Waals surface area contributed by atoms with Gasteiger partial charge in [-0.05, 0) is 31.4 Å². The summed E-state index contributed by atoms with van der Waals surface area (Å²) in [6, 6.07) is 12.4. The van der Waals surface area contributed by atoms with Gasteiger partial charge in [-0.3, -0.25) is 4.98 Å². The molecule has 0 amide bonds. The number of aliphatic hydroxyl groups is 1. The maximum absolute atomic E-state index is 8.69. The van der Waals surface area contributed by atoms with Crippen molar-refractivity contribution in [3.63, 3.8) is 0 Å². The van der Waals surface area contributed by atoms with E-state index in [1.165, 1.54) is 5.39 Å². The maximum Gasteiger partial charge on any atom is 0.0705 e. The first-order chi connectivity index (χ1) is 7.90. The largest absolute Gasteiger partial charge is 0.396 e. The minimum absolute atomic E-state index is 0.297. The summed E-state index contributed by atoms with van der Waals surface area (Å²) in [4.78, 5) is 4.61. The van der Waals surface area contributed by atoms with Gasteiger partial charge in [-0.25, -0.2) is 0 Å². The number of fused-ring (bicyclic) bond motifs is 1. The Morgan fingerprint density at radius 1 is 0.938 bits per heavy atom. The van der Waals surface area contributed by atoms with Gasteiger partial charge in [-0.2, -0.15) is 0 Å². The number of benzene rings is 1. The van der Waals surface area contributed by atoms with Gasteiger partial charge in [0.2, 0.25) is 0 Å². The smallest absolute Gasteiger partial charge is 0.0705 e. The number of pyridine rings is 1. The first-order valence-corrected chi connectivity index (χ1v) is 5.86. The zero-order chi connectivity index (χ0) is 11.2. The SMILES string of the molecule is OCCCCCc1ccc2ccccc2n1. The summed E-state index contributed by atoms with van der Waals surface area (Å²) in [5.74, 6) is 0. The molecule has 2 heteroatoms. The highest BCUT2D eigenvalue weighted by Crippen LogP contribution is 2.13. The fourth-order valence-electron chi connectivity index (χ4n) is 1.84. The Bertz CT molecular complexity index is 453. The van der Waals surface area contributed by atoms with Crippen LogP contribution in [-0.4, -0.2) is 16.7 Å². The Kier molecular flexibility index (Phi) is 3.89. The van der Waals surface area contributed by atoms with Crippen LogP contribution >= 0.6 is 0 Å². The van der Waals surface area contributed by atoms with Crippen LogP contribution in [0.4, 0.5) is 0 Å². The molecule has 0 radical (unpaired) electrons. The molecule has 1 heterocycles. The second-order valence-electron chi connectivity index (χ2n) is 4.03. The predicted molar refractivity (Wildman–Crippen MR) is 66.4 cm³/mol. The standard InChI is InChI=1S/C14H17NO/c16-11-5-1-2-7-13-10-9-12-6-3-4-8-14(12)15-13/h3-4,6,8-10,16H,1-2,5,7,11H2. The van der Waals surface area contributed by atoms with E-state index >= 15 is 0 Å². The molecule has 2 nitrogen and oxygen atoms in total. The van der Waals surface area contributed by atoms with Crippen molar-refractivity contribution >= 4 is 10.9 Å². The molecule has 1 aromatic heterocycles. The zero-order valence-corrected chi connectivity index (χ0v) is 9.39. The summed E-state index contributed by atoms with van der Waals surface area (Å²) in [7, 11) is 0. The van der Waals surface area contributed by atoms with Crippen molar-refractivity contribution in [2.75, 3.05) is 6.61 Å². The molecule has 1 aromatic carbocycles. The van der Waals surface area contributed by atoms with Crippen molar-refractivity contribution in [2.24, 2.45) is 0 Å². The van der Waals surface area contributed by atoms with Gasteiger partial charge in [0, 0.05) is 17.7 Å². The molecule has 0 fully saturated rings. The van der Waals surface area contributed by atoms with Gasteiger partial charge in [0.05, 0.1) is 5.52 Å². The summed E-state index contributed by atoms with van der Waals surface area (Å²) >= 11 is 0. The average Bonchev–Trinajstić information content (AvgIpc) is 2.34. The van der Waals surface area contributed by atoms with Gasteiger partial charge < -0.3 is 5.11 Å². The molecule has 0 atom stereocenters. The van der Waals surface area contributed by atoms with Crippen LogP contribution in [0.5, 0.6) is 0 Å². The lowest BCUT2D eigenvalue weighted by Gasteiger charge is -2.02. The van der Waals surface area contributed by atoms with Crippen molar-refractivity contribution in [3.05, 3.63) is 42.1 Å². The van der Waals surface area contributed by atoms with E-state index in [0.29, 0.717) is 6.61 Å². The Balaban J connectivity index is 2.02. The molecule has 84 valence electrons. The lowest BCUT2D eigenvalue weighted by atomic mass is 10.1. The van der Waals surface area contributed by atoms with Crippen molar-refractivity contribution in [2.45, 2.75) is 25.7 Å². The first kappa shape index (κ1) is 11.1. The molecule has 0 saturated carbocycles. The fraction of sp³-hybridized carbons (Fsp3) is 0.357. The summed E-state index contributed by atoms with van der Waals surface area (Å²) in [5.41, 5.74) is 2.22. The van der Waals surface area contributed by atoms with Gasteiger partial charge >= 0.3 is 0 Å². The van der Waals surface area contributed by atoms with Crippen LogP contribution in [0.1, 0.15) is 25.0 Å². The number of unbranched alkanes of at least 4 members (excludes halogenated alkanes) is 2. The predicted octanol–water partition coefficient (Wildman–Crippen LogP) is 2.94. The molecule has 2 rings (SSSR count).